The molecule has 1 aliphatic rings. The van der Waals surface area contributed by atoms with Gasteiger partial charge in [-0.05, 0) is 43.0 Å². The topological polar surface area (TPSA) is 46.3 Å². The molecule has 1 unspecified atom stereocenters. The number of likely N-dealkylation sites (tertiary alicyclic amines) is 1. The summed E-state index contributed by atoms with van der Waals surface area (Å²) in [6, 6.07) is 20.0. The Morgan fingerprint density at radius 1 is 0.969 bits per heavy atom. The van der Waals surface area contributed by atoms with E-state index in [1.807, 2.05) is 102 Å². The van der Waals surface area contributed by atoms with E-state index in [2.05, 4.69) is 10.8 Å². The zero-order valence-corrected chi connectivity index (χ0v) is 21.1. The maximum absolute atomic E-state index is 13.0. The summed E-state index contributed by atoms with van der Waals surface area (Å²) in [5.41, 5.74) is 7.26. The molecule has 0 spiro atoms. The third-order valence-corrected chi connectivity index (χ3v) is 5.53. The van der Waals surface area contributed by atoms with Crippen LogP contribution in [0.15, 0.2) is 60.7 Å². The van der Waals surface area contributed by atoms with Gasteiger partial charge < -0.3 is 10.6 Å². The van der Waals surface area contributed by atoms with Crippen LogP contribution in [0.25, 0.3) is 0 Å². The van der Waals surface area contributed by atoms with E-state index in [0.29, 0.717) is 0 Å². The van der Waals surface area contributed by atoms with Gasteiger partial charge >= 0.3 is 0 Å². The van der Waals surface area contributed by atoms with Gasteiger partial charge in [-0.2, -0.15) is 0 Å². The Labute approximate surface area is 197 Å². The van der Waals surface area contributed by atoms with E-state index in [0.717, 1.165) is 50.0 Å². The molecule has 0 aromatic heterocycles. The van der Waals surface area contributed by atoms with Gasteiger partial charge in [0.25, 0.3) is 0 Å². The van der Waals surface area contributed by atoms with E-state index in [1.54, 1.807) is 0 Å². The van der Waals surface area contributed by atoms with Crippen molar-refractivity contribution in [3.8, 4) is 12.3 Å². The molecular formula is C29H44N2O. The summed E-state index contributed by atoms with van der Waals surface area (Å²) in [5.74, 6) is 2.58. The SMILES string of the molecule is C#CCCCN1CCC(C(C(N)=O)(c2ccccc2)c2ccccc2)C1.CC.CC.CC. The first kappa shape index (κ1) is 29.4. The normalized spacial score (nSPS) is 15.0. The Morgan fingerprint density at radius 3 is 1.84 bits per heavy atom. The van der Waals surface area contributed by atoms with E-state index in [1.165, 1.54) is 0 Å². The van der Waals surface area contributed by atoms with Crippen LogP contribution in [0, 0.1) is 18.3 Å². The quantitative estimate of drug-likeness (QED) is 0.410. The summed E-state index contributed by atoms with van der Waals surface area (Å²) in [5, 5.41) is 0. The Balaban J connectivity index is 0.00000148. The van der Waals surface area contributed by atoms with Crippen LogP contribution in [0.2, 0.25) is 0 Å². The molecule has 1 amide bonds. The molecule has 0 radical (unpaired) electrons. The predicted molar refractivity (Wildman–Crippen MR) is 140 cm³/mol. The summed E-state index contributed by atoms with van der Waals surface area (Å²) in [6.07, 6.45) is 8.10. The Morgan fingerprint density at radius 2 is 1.44 bits per heavy atom. The van der Waals surface area contributed by atoms with Crippen molar-refractivity contribution in [3.05, 3.63) is 71.8 Å². The maximum Gasteiger partial charge on any atom is 0.232 e. The van der Waals surface area contributed by atoms with Crippen molar-refractivity contribution in [2.45, 2.75) is 66.2 Å². The first-order chi connectivity index (χ1) is 15.7. The lowest BCUT2D eigenvalue weighted by molar-refractivity contribution is -0.123. The Kier molecular flexibility index (Phi) is 15.7. The van der Waals surface area contributed by atoms with Gasteiger partial charge in [-0.1, -0.05) is 102 Å². The highest BCUT2D eigenvalue weighted by Crippen LogP contribution is 2.43. The number of nitrogens with two attached hydrogens (primary N) is 1. The van der Waals surface area contributed by atoms with E-state index in [4.69, 9.17) is 12.2 Å². The van der Waals surface area contributed by atoms with E-state index in [-0.39, 0.29) is 11.8 Å². The van der Waals surface area contributed by atoms with Crippen LogP contribution in [-0.4, -0.2) is 30.4 Å². The first-order valence-electron chi connectivity index (χ1n) is 12.3. The number of hydrogen-bond acceptors (Lipinski definition) is 2. The van der Waals surface area contributed by atoms with Gasteiger partial charge in [0.2, 0.25) is 5.91 Å². The minimum atomic E-state index is -0.802. The number of hydrogen-bond donors (Lipinski definition) is 1. The second kappa shape index (κ2) is 17.0. The molecule has 3 heteroatoms. The zero-order valence-electron chi connectivity index (χ0n) is 21.1. The highest BCUT2D eigenvalue weighted by Gasteiger charge is 2.49. The van der Waals surface area contributed by atoms with Crippen molar-refractivity contribution >= 4 is 5.91 Å². The molecule has 32 heavy (non-hydrogen) atoms. The third kappa shape index (κ3) is 7.24. The Hall–Kier alpha value is -2.57. The highest BCUT2D eigenvalue weighted by molar-refractivity contribution is 5.91. The number of terminal acetylenes is 1. The van der Waals surface area contributed by atoms with Crippen molar-refractivity contribution in [1.29, 1.82) is 0 Å². The maximum atomic E-state index is 13.0. The lowest BCUT2D eigenvalue weighted by atomic mass is 9.64. The van der Waals surface area contributed by atoms with E-state index >= 15 is 0 Å². The number of unbranched alkanes of at least 4 members (excludes halogenated alkanes) is 1. The molecule has 1 aliphatic heterocycles. The van der Waals surface area contributed by atoms with Crippen LogP contribution < -0.4 is 5.73 Å². The lowest BCUT2D eigenvalue weighted by Crippen LogP contribution is -2.49. The van der Waals surface area contributed by atoms with Gasteiger partial charge in [0, 0.05) is 13.0 Å². The van der Waals surface area contributed by atoms with Gasteiger partial charge in [-0.3, -0.25) is 4.79 Å². The van der Waals surface area contributed by atoms with Crippen LogP contribution in [0.1, 0.15) is 71.9 Å². The fourth-order valence-electron chi connectivity index (χ4n) is 4.32. The summed E-state index contributed by atoms with van der Waals surface area (Å²) >= 11 is 0. The fraction of sp³-hybridized carbons (Fsp3) is 0.483. The van der Waals surface area contributed by atoms with Gasteiger partial charge in [-0.25, -0.2) is 0 Å². The van der Waals surface area contributed by atoms with E-state index in [9.17, 15) is 4.79 Å². The molecule has 2 aromatic rings. The molecule has 1 saturated heterocycles. The van der Waals surface area contributed by atoms with Crippen LogP contribution in [0.5, 0.6) is 0 Å². The predicted octanol–water partition coefficient (Wildman–Crippen LogP) is 6.27. The molecule has 0 aliphatic carbocycles. The fourth-order valence-corrected chi connectivity index (χ4v) is 4.32. The first-order valence-corrected chi connectivity index (χ1v) is 12.3. The largest absolute Gasteiger partial charge is 0.369 e. The molecule has 3 rings (SSSR count). The molecule has 2 N–H and O–H groups in total. The Bertz CT molecular complexity index is 725. The van der Waals surface area contributed by atoms with Crippen molar-refractivity contribution in [3.63, 3.8) is 0 Å². The molecule has 0 bridgehead atoms. The zero-order chi connectivity index (χ0) is 24.4. The number of carbonyl (C=O) groups excluding carboxylic acids is 1. The number of nitrogens with zero attached hydrogens (tertiary/aromatic N) is 1. The molecule has 0 saturated carbocycles. The smallest absolute Gasteiger partial charge is 0.232 e. The summed E-state index contributed by atoms with van der Waals surface area (Å²) in [7, 11) is 0. The van der Waals surface area contributed by atoms with Crippen molar-refractivity contribution in [2.24, 2.45) is 11.7 Å². The average Bonchev–Trinajstić information content (AvgIpc) is 3.34. The van der Waals surface area contributed by atoms with Gasteiger partial charge in [0.05, 0.1) is 0 Å². The molecule has 1 heterocycles. The monoisotopic (exact) mass is 436 g/mol. The standard InChI is InChI=1S/C23H26N2O.3C2H6/c1-2-3-10-16-25-17-15-21(18-25)23(22(24)26,19-11-6-4-7-12-19)20-13-8-5-9-14-20;3*1-2/h1,4-9,11-14,21H,3,10,15-18H2,(H2,24,26);3*1-2H3. The summed E-state index contributed by atoms with van der Waals surface area (Å²) < 4.78 is 0. The van der Waals surface area contributed by atoms with Crippen LogP contribution in [0.3, 0.4) is 0 Å². The van der Waals surface area contributed by atoms with Gasteiger partial charge in [0.15, 0.2) is 0 Å². The summed E-state index contributed by atoms with van der Waals surface area (Å²) in [4.78, 5) is 15.4. The van der Waals surface area contributed by atoms with Gasteiger partial charge in [0.1, 0.15) is 5.41 Å². The van der Waals surface area contributed by atoms with Gasteiger partial charge in [-0.15, -0.1) is 12.3 Å². The summed E-state index contributed by atoms with van der Waals surface area (Å²) in [6.45, 7) is 14.8. The van der Waals surface area contributed by atoms with Crippen LogP contribution in [-0.2, 0) is 10.2 Å². The lowest BCUT2D eigenvalue weighted by Gasteiger charge is -2.37. The van der Waals surface area contributed by atoms with E-state index < -0.39 is 5.41 Å². The molecular weight excluding hydrogens is 392 g/mol. The molecule has 176 valence electrons. The van der Waals surface area contributed by atoms with Crippen molar-refractivity contribution < 1.29 is 4.79 Å². The van der Waals surface area contributed by atoms with Crippen LogP contribution >= 0.6 is 0 Å². The third-order valence-electron chi connectivity index (χ3n) is 5.53. The highest BCUT2D eigenvalue weighted by atomic mass is 16.1. The van der Waals surface area contributed by atoms with Crippen molar-refractivity contribution in [2.75, 3.05) is 19.6 Å². The number of amides is 1. The molecule has 1 atom stereocenters. The van der Waals surface area contributed by atoms with Crippen molar-refractivity contribution in [1.82, 2.24) is 4.90 Å². The second-order valence-corrected chi connectivity index (χ2v) is 7.00. The minimum Gasteiger partial charge on any atom is -0.369 e. The second-order valence-electron chi connectivity index (χ2n) is 7.00. The molecule has 3 nitrogen and oxygen atoms in total. The molecule has 1 fully saturated rings. The number of carbonyl (C=O) groups is 1. The molecule has 2 aromatic carbocycles. The number of primary amides is 1. The number of benzene rings is 2. The average molecular weight is 437 g/mol. The van der Waals surface area contributed by atoms with Crippen LogP contribution in [0.4, 0.5) is 0 Å². The number of rotatable bonds is 7. The minimum absolute atomic E-state index is 0.149.